The molecule has 66 heavy (non-hydrogen) atoms. The summed E-state index contributed by atoms with van der Waals surface area (Å²) in [6.45, 7) is 2.43. The van der Waals surface area contributed by atoms with Gasteiger partial charge in [0.2, 0.25) is 0 Å². The summed E-state index contributed by atoms with van der Waals surface area (Å²) >= 11 is 0. The van der Waals surface area contributed by atoms with Crippen LogP contribution in [0.4, 0.5) is 0 Å². The Morgan fingerprint density at radius 2 is 0.955 bits per heavy atom. The first-order chi connectivity index (χ1) is 32.0. The molecule has 2 saturated heterocycles. The van der Waals surface area contributed by atoms with Crippen molar-refractivity contribution in [2.24, 2.45) is 0 Å². The monoisotopic (exact) mass is 941 g/mol. The van der Waals surface area contributed by atoms with E-state index in [0.717, 1.165) is 57.8 Å². The first-order valence-corrected chi connectivity index (χ1v) is 25.2. The van der Waals surface area contributed by atoms with E-state index >= 15 is 0 Å². The van der Waals surface area contributed by atoms with Gasteiger partial charge in [-0.2, -0.15) is 0 Å². The van der Waals surface area contributed by atoms with Gasteiger partial charge in [0.1, 0.15) is 55.4 Å². The molecule has 7 N–H and O–H groups in total. The number of esters is 2. The second-order valence-electron chi connectivity index (χ2n) is 17.6. The zero-order chi connectivity index (χ0) is 48.2. The first kappa shape index (κ1) is 59.6. The molecule has 382 valence electrons. The van der Waals surface area contributed by atoms with Crippen molar-refractivity contribution in [3.63, 3.8) is 0 Å². The standard InChI is InChI=1S/C51H88O15/c1-3-5-7-9-11-13-15-17-19-21-23-25-27-29-31-33-42(53)61-36-39(64-43(54)34-32-30-28-26-24-22-20-18-16-14-12-10-8-6-4-2)37-62-50-49(60)47(58)45(56)41(66-50)38-63-51-48(59)46(57)44(55)40(35-52)65-51/h6,8,12,14,18,20,24,26,39-41,44-52,55-60H,3-5,7,9-11,13,15-17,19,21-23,25,27-38H2,1-2H3/b8-6+,14-12+,20-18+,26-24+/t39-,40-,41-,44+,45+,46?,47?,48?,49?,50-,51-/m1/s1. The maximum atomic E-state index is 13.0. The molecule has 0 aliphatic carbocycles. The molecule has 2 aliphatic heterocycles. The van der Waals surface area contributed by atoms with E-state index < -0.39 is 99.3 Å². The van der Waals surface area contributed by atoms with Gasteiger partial charge in [-0.15, -0.1) is 0 Å². The number of unbranched alkanes of at least 4 members (excludes halogenated alkanes) is 16. The van der Waals surface area contributed by atoms with Gasteiger partial charge in [-0.1, -0.05) is 152 Å². The van der Waals surface area contributed by atoms with E-state index in [9.17, 15) is 45.3 Å². The van der Waals surface area contributed by atoms with Gasteiger partial charge in [-0.05, 0) is 51.4 Å². The van der Waals surface area contributed by atoms with E-state index in [-0.39, 0.29) is 19.4 Å². The molecular formula is C51H88O15. The SMILES string of the molecule is CC/C=C/C/C=C/C/C=C/C/C=C/CCCCC(=O)O[C@H](COC(=O)CCCCCCCCCCCCCCCCC)CO[C@@H]1O[C@H](CO[C@@H]2O[C@H](CO)[C@H](O)C(O)C2O)[C@H](O)C(O)C1O. The summed E-state index contributed by atoms with van der Waals surface area (Å²) in [5.74, 6) is -0.972. The van der Waals surface area contributed by atoms with Crippen LogP contribution in [0.5, 0.6) is 0 Å². The Labute approximate surface area is 395 Å². The molecule has 0 amide bonds. The average molecular weight is 941 g/mol. The Bertz CT molecular complexity index is 1340. The fourth-order valence-corrected chi connectivity index (χ4v) is 7.68. The third kappa shape index (κ3) is 26.3. The van der Waals surface area contributed by atoms with Crippen molar-refractivity contribution in [3.05, 3.63) is 48.6 Å². The molecule has 2 rings (SSSR count). The molecule has 0 aromatic rings. The van der Waals surface area contributed by atoms with E-state index in [4.69, 9.17) is 28.4 Å². The van der Waals surface area contributed by atoms with Gasteiger partial charge in [0.25, 0.3) is 0 Å². The number of carbonyl (C=O) groups is 2. The fraction of sp³-hybridized carbons (Fsp3) is 0.804. The van der Waals surface area contributed by atoms with E-state index in [1.807, 2.05) is 0 Å². The molecule has 11 atom stereocenters. The Kier molecular flexibility index (Phi) is 34.6. The number of rotatable bonds is 38. The minimum atomic E-state index is -1.77. The molecule has 0 aromatic heterocycles. The number of ether oxygens (including phenoxy) is 6. The third-order valence-corrected chi connectivity index (χ3v) is 11.8. The maximum Gasteiger partial charge on any atom is 0.306 e. The van der Waals surface area contributed by atoms with Crippen molar-refractivity contribution in [1.29, 1.82) is 0 Å². The summed E-state index contributed by atoms with van der Waals surface area (Å²) in [4.78, 5) is 25.7. The predicted molar refractivity (Wildman–Crippen MR) is 252 cm³/mol. The van der Waals surface area contributed by atoms with Crippen LogP contribution >= 0.6 is 0 Å². The van der Waals surface area contributed by atoms with Crippen LogP contribution in [0, 0.1) is 0 Å². The Balaban J connectivity index is 1.84. The summed E-state index contributed by atoms with van der Waals surface area (Å²) in [5, 5.41) is 72.0. The van der Waals surface area contributed by atoms with Crippen molar-refractivity contribution in [1.82, 2.24) is 0 Å². The molecule has 0 saturated carbocycles. The Hall–Kier alpha value is -2.54. The summed E-state index contributed by atoms with van der Waals surface area (Å²) in [6, 6.07) is 0. The molecule has 15 heteroatoms. The largest absolute Gasteiger partial charge is 0.462 e. The van der Waals surface area contributed by atoms with Gasteiger partial charge >= 0.3 is 11.9 Å². The van der Waals surface area contributed by atoms with Crippen molar-refractivity contribution in [3.8, 4) is 0 Å². The normalized spacial score (nSPS) is 26.6. The van der Waals surface area contributed by atoms with Gasteiger partial charge in [0.05, 0.1) is 19.8 Å². The van der Waals surface area contributed by atoms with Crippen LogP contribution in [0.3, 0.4) is 0 Å². The summed E-state index contributed by atoms with van der Waals surface area (Å²) in [7, 11) is 0. The van der Waals surface area contributed by atoms with E-state index in [1.54, 1.807) is 0 Å². The second kappa shape index (κ2) is 38.3. The minimum absolute atomic E-state index is 0.113. The number of aliphatic hydroxyl groups excluding tert-OH is 7. The Morgan fingerprint density at radius 1 is 0.500 bits per heavy atom. The van der Waals surface area contributed by atoms with E-state index in [0.29, 0.717) is 12.8 Å². The summed E-state index contributed by atoms with van der Waals surface area (Å²) in [6.07, 6.45) is 24.3. The van der Waals surface area contributed by atoms with Crippen molar-refractivity contribution < 1.29 is 73.8 Å². The molecule has 15 nitrogen and oxygen atoms in total. The molecule has 0 bridgehead atoms. The highest BCUT2D eigenvalue weighted by atomic mass is 16.7. The lowest BCUT2D eigenvalue weighted by Gasteiger charge is -2.42. The van der Waals surface area contributed by atoms with Crippen LogP contribution < -0.4 is 0 Å². The number of aliphatic hydroxyl groups is 7. The van der Waals surface area contributed by atoms with Crippen LogP contribution in [0.25, 0.3) is 0 Å². The molecule has 4 unspecified atom stereocenters. The predicted octanol–water partition coefficient (Wildman–Crippen LogP) is 6.71. The first-order valence-electron chi connectivity index (χ1n) is 25.2. The molecular weight excluding hydrogens is 853 g/mol. The smallest absolute Gasteiger partial charge is 0.306 e. The molecule has 2 fully saturated rings. The molecule has 0 aromatic carbocycles. The highest BCUT2D eigenvalue weighted by Crippen LogP contribution is 2.26. The van der Waals surface area contributed by atoms with Crippen molar-refractivity contribution >= 4 is 11.9 Å². The minimum Gasteiger partial charge on any atom is -0.462 e. The summed E-state index contributed by atoms with van der Waals surface area (Å²) < 4.78 is 33.5. The Morgan fingerprint density at radius 3 is 1.50 bits per heavy atom. The number of carbonyl (C=O) groups excluding carboxylic acids is 2. The van der Waals surface area contributed by atoms with Crippen LogP contribution in [-0.4, -0.2) is 142 Å². The van der Waals surface area contributed by atoms with Gasteiger partial charge in [0, 0.05) is 12.8 Å². The average Bonchev–Trinajstić information content (AvgIpc) is 3.31. The highest BCUT2D eigenvalue weighted by Gasteiger charge is 2.47. The van der Waals surface area contributed by atoms with Crippen LogP contribution in [-0.2, 0) is 38.0 Å². The second-order valence-corrected chi connectivity index (χ2v) is 17.6. The molecule has 0 spiro atoms. The molecule has 2 aliphatic rings. The zero-order valence-corrected chi connectivity index (χ0v) is 40.2. The zero-order valence-electron chi connectivity index (χ0n) is 40.2. The van der Waals surface area contributed by atoms with Crippen molar-refractivity contribution in [2.45, 2.75) is 235 Å². The topological polar surface area (TPSA) is 231 Å². The lowest BCUT2D eigenvalue weighted by Crippen LogP contribution is -2.61. The quantitative estimate of drug-likeness (QED) is 0.0194. The van der Waals surface area contributed by atoms with Crippen LogP contribution in [0.2, 0.25) is 0 Å². The third-order valence-electron chi connectivity index (χ3n) is 11.8. The highest BCUT2D eigenvalue weighted by molar-refractivity contribution is 5.70. The van der Waals surface area contributed by atoms with Gasteiger partial charge in [-0.25, -0.2) is 0 Å². The van der Waals surface area contributed by atoms with Crippen LogP contribution in [0.1, 0.15) is 168 Å². The van der Waals surface area contributed by atoms with Gasteiger partial charge < -0.3 is 64.2 Å². The van der Waals surface area contributed by atoms with Crippen LogP contribution in [0.15, 0.2) is 48.6 Å². The van der Waals surface area contributed by atoms with E-state index in [2.05, 4.69) is 62.5 Å². The lowest BCUT2D eigenvalue weighted by molar-refractivity contribution is -0.332. The molecule has 2 heterocycles. The van der Waals surface area contributed by atoms with Gasteiger partial charge in [-0.3, -0.25) is 9.59 Å². The number of hydrogen-bond acceptors (Lipinski definition) is 15. The maximum absolute atomic E-state index is 13.0. The summed E-state index contributed by atoms with van der Waals surface area (Å²) in [5.41, 5.74) is 0. The van der Waals surface area contributed by atoms with Gasteiger partial charge in [0.15, 0.2) is 18.7 Å². The van der Waals surface area contributed by atoms with Crippen molar-refractivity contribution in [2.75, 3.05) is 26.4 Å². The number of allylic oxidation sites excluding steroid dienone is 8. The number of hydrogen-bond donors (Lipinski definition) is 7. The molecule has 0 radical (unpaired) electrons. The lowest BCUT2D eigenvalue weighted by atomic mass is 9.98. The van der Waals surface area contributed by atoms with E-state index in [1.165, 1.54) is 70.6 Å². The fourth-order valence-electron chi connectivity index (χ4n) is 7.68.